The number of hydrogen-bond acceptors (Lipinski definition) is 3. The first-order valence-electron chi connectivity index (χ1n) is 7.34. The SMILES string of the molecule is CCCC(N)CC(=O)NC(c1ccccc1)c1cccs1. The third kappa shape index (κ3) is 4.69. The van der Waals surface area contributed by atoms with Crippen molar-refractivity contribution in [1.82, 2.24) is 5.32 Å². The summed E-state index contributed by atoms with van der Waals surface area (Å²) in [4.78, 5) is 13.4. The quantitative estimate of drug-likeness (QED) is 0.823. The molecule has 2 rings (SSSR count). The van der Waals surface area contributed by atoms with Gasteiger partial charge < -0.3 is 11.1 Å². The zero-order chi connectivity index (χ0) is 15.1. The first-order valence-corrected chi connectivity index (χ1v) is 8.22. The molecule has 2 unspecified atom stereocenters. The highest BCUT2D eigenvalue weighted by atomic mass is 32.1. The Morgan fingerprint density at radius 3 is 2.62 bits per heavy atom. The third-order valence-corrected chi connectivity index (χ3v) is 4.31. The predicted octanol–water partition coefficient (Wildman–Crippen LogP) is 3.47. The average Bonchev–Trinajstić information content (AvgIpc) is 3.00. The molecule has 1 amide bonds. The summed E-state index contributed by atoms with van der Waals surface area (Å²) in [6.07, 6.45) is 2.26. The Kier molecular flexibility index (Phi) is 5.96. The van der Waals surface area contributed by atoms with Gasteiger partial charge in [0.1, 0.15) is 0 Å². The molecule has 0 spiro atoms. The van der Waals surface area contributed by atoms with Gasteiger partial charge in [-0.2, -0.15) is 0 Å². The van der Waals surface area contributed by atoms with Gasteiger partial charge in [0.2, 0.25) is 5.91 Å². The van der Waals surface area contributed by atoms with Crippen molar-refractivity contribution in [3.63, 3.8) is 0 Å². The van der Waals surface area contributed by atoms with E-state index in [9.17, 15) is 4.79 Å². The monoisotopic (exact) mass is 302 g/mol. The summed E-state index contributed by atoms with van der Waals surface area (Å²) in [5.41, 5.74) is 7.05. The van der Waals surface area contributed by atoms with Crippen LogP contribution >= 0.6 is 11.3 Å². The first kappa shape index (κ1) is 15.7. The zero-order valence-electron chi connectivity index (χ0n) is 12.3. The molecule has 112 valence electrons. The van der Waals surface area contributed by atoms with Crippen LogP contribution in [0.25, 0.3) is 0 Å². The highest BCUT2D eigenvalue weighted by molar-refractivity contribution is 7.10. The van der Waals surface area contributed by atoms with Crippen LogP contribution in [-0.4, -0.2) is 11.9 Å². The Hall–Kier alpha value is -1.65. The van der Waals surface area contributed by atoms with E-state index in [2.05, 4.69) is 18.3 Å². The fraction of sp³-hybridized carbons (Fsp3) is 0.353. The third-order valence-electron chi connectivity index (χ3n) is 3.37. The number of nitrogens with one attached hydrogen (secondary N) is 1. The van der Waals surface area contributed by atoms with Crippen molar-refractivity contribution < 1.29 is 4.79 Å². The van der Waals surface area contributed by atoms with Gasteiger partial charge >= 0.3 is 0 Å². The minimum atomic E-state index is -0.0903. The molecule has 1 aromatic heterocycles. The van der Waals surface area contributed by atoms with Crippen molar-refractivity contribution in [2.45, 2.75) is 38.3 Å². The topological polar surface area (TPSA) is 55.1 Å². The molecule has 2 atom stereocenters. The normalized spacial score (nSPS) is 13.6. The van der Waals surface area contributed by atoms with E-state index in [1.165, 1.54) is 0 Å². The molecule has 0 radical (unpaired) electrons. The molecule has 2 aromatic rings. The maximum absolute atomic E-state index is 12.2. The first-order chi connectivity index (χ1) is 10.2. The fourth-order valence-electron chi connectivity index (χ4n) is 2.35. The summed E-state index contributed by atoms with van der Waals surface area (Å²) in [6, 6.07) is 13.9. The van der Waals surface area contributed by atoms with Crippen LogP contribution in [-0.2, 0) is 4.79 Å². The van der Waals surface area contributed by atoms with Crippen LogP contribution in [0.5, 0.6) is 0 Å². The number of thiophene rings is 1. The molecular formula is C17H22N2OS. The van der Waals surface area contributed by atoms with E-state index >= 15 is 0 Å². The molecule has 0 aliphatic rings. The zero-order valence-corrected chi connectivity index (χ0v) is 13.1. The Labute approximate surface area is 130 Å². The number of nitrogens with two attached hydrogens (primary N) is 1. The van der Waals surface area contributed by atoms with Crippen LogP contribution in [0, 0.1) is 0 Å². The number of rotatable bonds is 7. The van der Waals surface area contributed by atoms with Gasteiger partial charge in [0.25, 0.3) is 0 Å². The van der Waals surface area contributed by atoms with E-state index in [1.54, 1.807) is 11.3 Å². The summed E-state index contributed by atoms with van der Waals surface area (Å²) < 4.78 is 0. The summed E-state index contributed by atoms with van der Waals surface area (Å²) in [5.74, 6) is 0.0122. The van der Waals surface area contributed by atoms with E-state index in [1.807, 2.05) is 41.8 Å². The Bertz CT molecular complexity index is 539. The second-order valence-corrected chi connectivity index (χ2v) is 6.16. The number of benzene rings is 1. The van der Waals surface area contributed by atoms with E-state index in [0.29, 0.717) is 6.42 Å². The number of hydrogen-bond donors (Lipinski definition) is 2. The lowest BCUT2D eigenvalue weighted by atomic mass is 10.0. The summed E-state index contributed by atoms with van der Waals surface area (Å²) in [7, 11) is 0. The van der Waals surface area contributed by atoms with Crippen LogP contribution in [0.4, 0.5) is 0 Å². The van der Waals surface area contributed by atoms with Crippen molar-refractivity contribution in [2.24, 2.45) is 5.73 Å². The van der Waals surface area contributed by atoms with Crippen LogP contribution in [0.3, 0.4) is 0 Å². The molecule has 0 saturated heterocycles. The molecule has 0 bridgehead atoms. The lowest BCUT2D eigenvalue weighted by Gasteiger charge is -2.19. The minimum Gasteiger partial charge on any atom is -0.344 e. The van der Waals surface area contributed by atoms with Crippen LogP contribution in [0.1, 0.15) is 42.7 Å². The molecule has 0 aliphatic heterocycles. The lowest BCUT2D eigenvalue weighted by Crippen LogP contribution is -2.34. The second-order valence-electron chi connectivity index (χ2n) is 5.18. The van der Waals surface area contributed by atoms with E-state index in [0.717, 1.165) is 23.3 Å². The van der Waals surface area contributed by atoms with Gasteiger partial charge in [-0.25, -0.2) is 0 Å². The van der Waals surface area contributed by atoms with Gasteiger partial charge in [0.05, 0.1) is 6.04 Å². The molecule has 1 heterocycles. The average molecular weight is 302 g/mol. The van der Waals surface area contributed by atoms with Gasteiger partial charge in [-0.1, -0.05) is 49.7 Å². The number of carbonyl (C=O) groups excluding carboxylic acids is 1. The lowest BCUT2D eigenvalue weighted by molar-refractivity contribution is -0.121. The Morgan fingerprint density at radius 2 is 2.00 bits per heavy atom. The van der Waals surface area contributed by atoms with Crippen molar-refractivity contribution in [1.29, 1.82) is 0 Å². The predicted molar refractivity (Wildman–Crippen MR) is 88.2 cm³/mol. The van der Waals surface area contributed by atoms with Gasteiger partial charge in [-0.3, -0.25) is 4.79 Å². The molecule has 4 heteroatoms. The highest BCUT2D eigenvalue weighted by Gasteiger charge is 2.18. The van der Waals surface area contributed by atoms with Gasteiger partial charge in [0, 0.05) is 17.3 Å². The summed E-state index contributed by atoms with van der Waals surface area (Å²) >= 11 is 1.65. The number of amides is 1. The summed E-state index contributed by atoms with van der Waals surface area (Å²) in [5, 5.41) is 5.14. The molecule has 0 fully saturated rings. The van der Waals surface area contributed by atoms with E-state index < -0.39 is 0 Å². The van der Waals surface area contributed by atoms with E-state index in [-0.39, 0.29) is 18.0 Å². The number of carbonyl (C=O) groups is 1. The van der Waals surface area contributed by atoms with E-state index in [4.69, 9.17) is 5.73 Å². The second kappa shape index (κ2) is 7.96. The Morgan fingerprint density at radius 1 is 1.24 bits per heavy atom. The molecule has 3 N–H and O–H groups in total. The standard InChI is InChI=1S/C17H22N2OS/c1-2-7-14(18)12-16(20)19-17(15-10-6-11-21-15)13-8-4-3-5-9-13/h3-6,8-11,14,17H,2,7,12,18H2,1H3,(H,19,20). The maximum Gasteiger partial charge on any atom is 0.222 e. The molecular weight excluding hydrogens is 280 g/mol. The van der Waals surface area contributed by atoms with Crippen LogP contribution < -0.4 is 11.1 Å². The largest absolute Gasteiger partial charge is 0.344 e. The molecule has 0 aliphatic carbocycles. The van der Waals surface area contributed by atoms with Crippen molar-refractivity contribution in [3.8, 4) is 0 Å². The molecule has 1 aromatic carbocycles. The highest BCUT2D eigenvalue weighted by Crippen LogP contribution is 2.26. The molecule has 21 heavy (non-hydrogen) atoms. The van der Waals surface area contributed by atoms with Gasteiger partial charge in [-0.05, 0) is 23.4 Å². The van der Waals surface area contributed by atoms with Gasteiger partial charge in [-0.15, -0.1) is 11.3 Å². The van der Waals surface area contributed by atoms with Crippen molar-refractivity contribution in [2.75, 3.05) is 0 Å². The molecule has 0 saturated carbocycles. The van der Waals surface area contributed by atoms with Crippen molar-refractivity contribution in [3.05, 3.63) is 58.3 Å². The maximum atomic E-state index is 12.2. The smallest absolute Gasteiger partial charge is 0.222 e. The minimum absolute atomic E-state index is 0.0122. The molecule has 3 nitrogen and oxygen atoms in total. The summed E-state index contributed by atoms with van der Waals surface area (Å²) in [6.45, 7) is 2.08. The van der Waals surface area contributed by atoms with Gasteiger partial charge in [0.15, 0.2) is 0 Å². The van der Waals surface area contributed by atoms with Crippen LogP contribution in [0.15, 0.2) is 47.8 Å². The Balaban J connectivity index is 2.09. The van der Waals surface area contributed by atoms with Crippen molar-refractivity contribution >= 4 is 17.2 Å². The van der Waals surface area contributed by atoms with Crippen LogP contribution in [0.2, 0.25) is 0 Å². The fourth-order valence-corrected chi connectivity index (χ4v) is 3.15.